The van der Waals surface area contributed by atoms with Crippen molar-refractivity contribution >= 4 is 23.2 Å². The van der Waals surface area contributed by atoms with E-state index in [1.165, 1.54) is 0 Å². The van der Waals surface area contributed by atoms with Gasteiger partial charge in [0.05, 0.1) is 0 Å². The van der Waals surface area contributed by atoms with Crippen LogP contribution in [0.2, 0.25) is 0 Å². The molecule has 0 spiro atoms. The number of anilines is 2. The van der Waals surface area contributed by atoms with Crippen LogP contribution in [0, 0.1) is 5.92 Å². The SMILES string of the molecule is CC(C)C1NC(=O)CN(c2ccc(N(C)C)cc2)C1=O. The normalized spacial score (nSPS) is 19.2. The van der Waals surface area contributed by atoms with Crippen LogP contribution in [-0.4, -0.2) is 38.5 Å². The standard InChI is InChI=1S/C15H21N3O2/c1-10(2)14-15(20)18(9-13(19)16-14)12-7-5-11(6-8-12)17(3)4/h5-8,10,14H,9H2,1-4H3,(H,16,19). The van der Waals surface area contributed by atoms with E-state index in [-0.39, 0.29) is 24.3 Å². The largest absolute Gasteiger partial charge is 0.378 e. The lowest BCUT2D eigenvalue weighted by Crippen LogP contribution is -2.60. The Hall–Kier alpha value is -2.04. The van der Waals surface area contributed by atoms with Crippen LogP contribution >= 0.6 is 0 Å². The lowest BCUT2D eigenvalue weighted by Gasteiger charge is -2.34. The third-order valence-corrected chi connectivity index (χ3v) is 3.49. The lowest BCUT2D eigenvalue weighted by atomic mass is 10.0. The highest BCUT2D eigenvalue weighted by Gasteiger charge is 2.35. The highest BCUT2D eigenvalue weighted by Crippen LogP contribution is 2.22. The molecule has 1 atom stereocenters. The quantitative estimate of drug-likeness (QED) is 0.903. The van der Waals surface area contributed by atoms with Crippen LogP contribution in [0.1, 0.15) is 13.8 Å². The predicted octanol–water partition coefficient (Wildman–Crippen LogP) is 1.24. The van der Waals surface area contributed by atoms with E-state index in [9.17, 15) is 9.59 Å². The summed E-state index contributed by atoms with van der Waals surface area (Å²) in [5.74, 6) is -0.0764. The Morgan fingerprint density at radius 1 is 1.20 bits per heavy atom. The molecule has 2 rings (SSSR count). The Balaban J connectivity index is 2.26. The van der Waals surface area contributed by atoms with Crippen molar-refractivity contribution in [1.29, 1.82) is 0 Å². The molecule has 1 N–H and O–H groups in total. The number of nitrogens with one attached hydrogen (secondary N) is 1. The van der Waals surface area contributed by atoms with E-state index >= 15 is 0 Å². The van der Waals surface area contributed by atoms with Gasteiger partial charge in [0.15, 0.2) is 0 Å². The molecule has 2 amide bonds. The fourth-order valence-corrected chi connectivity index (χ4v) is 2.27. The van der Waals surface area contributed by atoms with Gasteiger partial charge in [-0.15, -0.1) is 0 Å². The summed E-state index contributed by atoms with van der Waals surface area (Å²) in [7, 11) is 3.92. The van der Waals surface area contributed by atoms with Crippen LogP contribution in [0.4, 0.5) is 11.4 Å². The van der Waals surface area contributed by atoms with E-state index in [1.54, 1.807) is 4.90 Å². The first-order valence-corrected chi connectivity index (χ1v) is 6.78. The van der Waals surface area contributed by atoms with Gasteiger partial charge in [-0.25, -0.2) is 0 Å². The number of amides is 2. The van der Waals surface area contributed by atoms with Crippen LogP contribution in [0.3, 0.4) is 0 Å². The number of hydrogen-bond acceptors (Lipinski definition) is 3. The Bertz CT molecular complexity index is 508. The number of carbonyl (C=O) groups excluding carboxylic acids is 2. The van der Waals surface area contributed by atoms with E-state index in [0.29, 0.717) is 0 Å². The monoisotopic (exact) mass is 275 g/mol. The smallest absolute Gasteiger partial charge is 0.250 e. The Morgan fingerprint density at radius 2 is 1.80 bits per heavy atom. The number of hydrogen-bond donors (Lipinski definition) is 1. The molecule has 0 radical (unpaired) electrons. The van der Waals surface area contributed by atoms with Gasteiger partial charge in [0.2, 0.25) is 11.8 Å². The Morgan fingerprint density at radius 3 is 2.30 bits per heavy atom. The minimum absolute atomic E-state index is 0.0443. The second-order valence-corrected chi connectivity index (χ2v) is 5.62. The van der Waals surface area contributed by atoms with Gasteiger partial charge in [-0.1, -0.05) is 13.8 Å². The Labute approximate surface area is 119 Å². The van der Waals surface area contributed by atoms with Crippen LogP contribution in [-0.2, 0) is 9.59 Å². The summed E-state index contributed by atoms with van der Waals surface area (Å²) in [6, 6.07) is 7.20. The molecule has 1 aliphatic rings. The number of piperazine rings is 1. The number of benzene rings is 1. The molecule has 1 aromatic rings. The topological polar surface area (TPSA) is 52.7 Å². The minimum atomic E-state index is -0.440. The first-order valence-electron chi connectivity index (χ1n) is 6.78. The van der Waals surface area contributed by atoms with Crippen molar-refractivity contribution in [2.24, 2.45) is 5.92 Å². The van der Waals surface area contributed by atoms with Crippen LogP contribution in [0.5, 0.6) is 0 Å². The minimum Gasteiger partial charge on any atom is -0.378 e. The molecular weight excluding hydrogens is 254 g/mol. The summed E-state index contributed by atoms with van der Waals surface area (Å²) in [4.78, 5) is 27.8. The average molecular weight is 275 g/mol. The Kier molecular flexibility index (Phi) is 3.97. The molecular formula is C15H21N3O2. The second-order valence-electron chi connectivity index (χ2n) is 5.62. The molecule has 1 aliphatic heterocycles. The summed E-state index contributed by atoms with van der Waals surface area (Å²) in [5, 5.41) is 2.76. The van der Waals surface area contributed by atoms with Gasteiger partial charge >= 0.3 is 0 Å². The summed E-state index contributed by atoms with van der Waals surface area (Å²) in [6.45, 7) is 3.95. The van der Waals surface area contributed by atoms with Gasteiger partial charge in [-0.05, 0) is 30.2 Å². The van der Waals surface area contributed by atoms with E-state index in [4.69, 9.17) is 0 Å². The third kappa shape index (κ3) is 2.76. The predicted molar refractivity (Wildman–Crippen MR) is 79.9 cm³/mol. The fraction of sp³-hybridized carbons (Fsp3) is 0.467. The van der Waals surface area contributed by atoms with Crippen molar-refractivity contribution in [2.75, 3.05) is 30.4 Å². The van der Waals surface area contributed by atoms with Gasteiger partial charge in [0.1, 0.15) is 12.6 Å². The van der Waals surface area contributed by atoms with Crippen molar-refractivity contribution < 1.29 is 9.59 Å². The zero-order valence-corrected chi connectivity index (χ0v) is 12.4. The summed E-state index contributed by atoms with van der Waals surface area (Å²) in [5.41, 5.74) is 1.82. The molecule has 0 aromatic heterocycles. The molecule has 1 unspecified atom stereocenters. The fourth-order valence-electron chi connectivity index (χ4n) is 2.27. The summed E-state index contributed by atoms with van der Waals surface area (Å²) in [6.07, 6.45) is 0. The maximum absolute atomic E-state index is 12.4. The molecule has 0 saturated carbocycles. The highest BCUT2D eigenvalue weighted by atomic mass is 16.2. The summed E-state index contributed by atoms with van der Waals surface area (Å²) >= 11 is 0. The van der Waals surface area contributed by atoms with E-state index in [2.05, 4.69) is 5.32 Å². The lowest BCUT2D eigenvalue weighted by molar-refractivity contribution is -0.132. The van der Waals surface area contributed by atoms with Crippen molar-refractivity contribution in [3.63, 3.8) is 0 Å². The first-order chi connectivity index (χ1) is 9.40. The third-order valence-electron chi connectivity index (χ3n) is 3.49. The van der Waals surface area contributed by atoms with Gasteiger partial charge < -0.3 is 15.1 Å². The molecule has 20 heavy (non-hydrogen) atoms. The van der Waals surface area contributed by atoms with Crippen LogP contribution in [0.25, 0.3) is 0 Å². The molecule has 5 heteroatoms. The molecule has 1 aromatic carbocycles. The van der Waals surface area contributed by atoms with E-state index < -0.39 is 6.04 Å². The highest BCUT2D eigenvalue weighted by molar-refractivity contribution is 6.06. The van der Waals surface area contributed by atoms with Crippen LogP contribution in [0.15, 0.2) is 24.3 Å². The molecule has 108 valence electrons. The maximum atomic E-state index is 12.4. The van der Waals surface area contributed by atoms with Crippen molar-refractivity contribution in [1.82, 2.24) is 5.32 Å². The molecule has 1 heterocycles. The number of rotatable bonds is 3. The number of carbonyl (C=O) groups is 2. The first kappa shape index (κ1) is 14.4. The summed E-state index contributed by atoms with van der Waals surface area (Å²) < 4.78 is 0. The molecule has 0 bridgehead atoms. The zero-order chi connectivity index (χ0) is 14.9. The van der Waals surface area contributed by atoms with Crippen molar-refractivity contribution in [2.45, 2.75) is 19.9 Å². The van der Waals surface area contributed by atoms with Gasteiger partial charge in [-0.2, -0.15) is 0 Å². The molecule has 0 aliphatic carbocycles. The van der Waals surface area contributed by atoms with Crippen molar-refractivity contribution in [3.8, 4) is 0 Å². The van der Waals surface area contributed by atoms with Gasteiger partial charge in [-0.3, -0.25) is 9.59 Å². The van der Waals surface area contributed by atoms with E-state index in [1.807, 2.05) is 57.1 Å². The maximum Gasteiger partial charge on any atom is 0.250 e. The van der Waals surface area contributed by atoms with Gasteiger partial charge in [0, 0.05) is 25.5 Å². The average Bonchev–Trinajstić information content (AvgIpc) is 2.41. The molecule has 5 nitrogen and oxygen atoms in total. The van der Waals surface area contributed by atoms with Crippen molar-refractivity contribution in [3.05, 3.63) is 24.3 Å². The second kappa shape index (κ2) is 5.53. The number of nitrogens with zero attached hydrogens (tertiary/aromatic N) is 2. The van der Waals surface area contributed by atoms with E-state index in [0.717, 1.165) is 11.4 Å². The van der Waals surface area contributed by atoms with Crippen LogP contribution < -0.4 is 15.1 Å². The molecule has 1 saturated heterocycles. The van der Waals surface area contributed by atoms with Gasteiger partial charge in [0.25, 0.3) is 0 Å². The zero-order valence-electron chi connectivity index (χ0n) is 12.4. The molecule has 1 fully saturated rings.